The molecule has 0 radical (unpaired) electrons. The highest BCUT2D eigenvalue weighted by Crippen LogP contribution is 2.25. The number of likely N-dealkylation sites (tertiary alicyclic amines) is 1. The zero-order chi connectivity index (χ0) is 17.0. The molecular formula is C16H25ClN4O2. The van der Waals surface area contributed by atoms with Crippen LogP contribution >= 0.6 is 11.6 Å². The third-order valence-electron chi connectivity index (χ3n) is 4.40. The quantitative estimate of drug-likeness (QED) is 0.893. The van der Waals surface area contributed by atoms with Gasteiger partial charge in [0.15, 0.2) is 0 Å². The van der Waals surface area contributed by atoms with E-state index >= 15 is 0 Å². The summed E-state index contributed by atoms with van der Waals surface area (Å²) in [5.41, 5.74) is 1.17. The Balaban J connectivity index is 2.07. The fraction of sp³-hybridized carbons (Fsp3) is 0.688. The minimum absolute atomic E-state index is 0.00658. The van der Waals surface area contributed by atoms with Crippen molar-refractivity contribution < 1.29 is 9.59 Å². The van der Waals surface area contributed by atoms with Crippen LogP contribution in [-0.4, -0.2) is 46.6 Å². The van der Waals surface area contributed by atoms with Gasteiger partial charge in [0.2, 0.25) is 5.91 Å². The lowest BCUT2D eigenvalue weighted by Gasteiger charge is -2.31. The van der Waals surface area contributed by atoms with Crippen LogP contribution in [0, 0.1) is 12.8 Å². The second kappa shape index (κ2) is 7.81. The molecule has 128 valence electrons. The Bertz CT molecular complexity index is 577. The summed E-state index contributed by atoms with van der Waals surface area (Å²) in [4.78, 5) is 26.2. The lowest BCUT2D eigenvalue weighted by Crippen LogP contribution is -2.42. The van der Waals surface area contributed by atoms with Crippen LogP contribution in [0.25, 0.3) is 0 Å². The zero-order valence-corrected chi connectivity index (χ0v) is 14.8. The highest BCUT2D eigenvalue weighted by Gasteiger charge is 2.30. The number of carbonyl (C=O) groups is 2. The molecule has 2 amide bonds. The van der Waals surface area contributed by atoms with Gasteiger partial charge in [-0.15, -0.1) is 0 Å². The van der Waals surface area contributed by atoms with Gasteiger partial charge in [-0.3, -0.25) is 14.3 Å². The summed E-state index contributed by atoms with van der Waals surface area (Å²) >= 11 is 6.37. The highest BCUT2D eigenvalue weighted by molar-refractivity contribution is 6.33. The summed E-state index contributed by atoms with van der Waals surface area (Å²) < 4.78 is 1.71. The van der Waals surface area contributed by atoms with Crippen LogP contribution in [0.15, 0.2) is 0 Å². The number of hydrogen-bond acceptors (Lipinski definition) is 3. The number of nitrogens with one attached hydrogen (secondary N) is 1. The molecule has 2 rings (SSSR count). The van der Waals surface area contributed by atoms with Crippen LogP contribution in [0.1, 0.15) is 48.7 Å². The van der Waals surface area contributed by atoms with Gasteiger partial charge in [-0.1, -0.05) is 24.9 Å². The van der Waals surface area contributed by atoms with Crippen LogP contribution in [0.2, 0.25) is 5.15 Å². The van der Waals surface area contributed by atoms with Crippen molar-refractivity contribution in [3.63, 3.8) is 0 Å². The summed E-state index contributed by atoms with van der Waals surface area (Å²) in [5, 5.41) is 7.49. The number of rotatable bonds is 5. The third-order valence-corrected chi connectivity index (χ3v) is 4.79. The molecule has 0 spiro atoms. The molecule has 0 atom stereocenters. The molecule has 2 heterocycles. The van der Waals surface area contributed by atoms with Crippen molar-refractivity contribution in [1.82, 2.24) is 20.0 Å². The van der Waals surface area contributed by atoms with E-state index in [-0.39, 0.29) is 17.7 Å². The first-order chi connectivity index (χ1) is 11.0. The number of aryl methyl sites for hydroxylation is 2. The van der Waals surface area contributed by atoms with E-state index in [1.54, 1.807) is 16.6 Å². The summed E-state index contributed by atoms with van der Waals surface area (Å²) in [6, 6.07) is 0. The van der Waals surface area contributed by atoms with E-state index in [1.165, 1.54) is 0 Å². The molecule has 1 aliphatic heterocycles. The Morgan fingerprint density at radius 3 is 2.57 bits per heavy atom. The van der Waals surface area contributed by atoms with E-state index in [9.17, 15) is 9.59 Å². The number of nitrogens with zero attached hydrogens (tertiary/aromatic N) is 3. The average molecular weight is 341 g/mol. The molecule has 7 heteroatoms. The van der Waals surface area contributed by atoms with Crippen molar-refractivity contribution >= 4 is 23.4 Å². The molecular weight excluding hydrogens is 316 g/mol. The first-order valence-corrected chi connectivity index (χ1v) is 8.61. The van der Waals surface area contributed by atoms with Crippen molar-refractivity contribution in [2.45, 2.75) is 46.1 Å². The van der Waals surface area contributed by atoms with Crippen LogP contribution in [-0.2, 0) is 11.3 Å². The van der Waals surface area contributed by atoms with Crippen LogP contribution < -0.4 is 5.32 Å². The SMILES string of the molecule is CCCCn1nc(C)c(C(=O)N2CCC(C(=O)NC)CC2)c1Cl. The van der Waals surface area contributed by atoms with Gasteiger partial charge in [0.05, 0.1) is 11.3 Å². The van der Waals surface area contributed by atoms with E-state index in [0.29, 0.717) is 42.3 Å². The normalized spacial score (nSPS) is 15.7. The summed E-state index contributed by atoms with van der Waals surface area (Å²) in [6.07, 6.45) is 3.40. The maximum absolute atomic E-state index is 12.8. The van der Waals surface area contributed by atoms with Crippen molar-refractivity contribution in [2.24, 2.45) is 5.92 Å². The predicted molar refractivity (Wildman–Crippen MR) is 89.6 cm³/mol. The molecule has 1 saturated heterocycles. The minimum Gasteiger partial charge on any atom is -0.359 e. The van der Waals surface area contributed by atoms with Gasteiger partial charge in [0.25, 0.3) is 5.91 Å². The van der Waals surface area contributed by atoms with E-state index in [2.05, 4.69) is 17.3 Å². The molecule has 0 saturated carbocycles. The molecule has 1 fully saturated rings. The molecule has 1 aliphatic rings. The number of amides is 2. The topological polar surface area (TPSA) is 67.2 Å². The molecule has 6 nitrogen and oxygen atoms in total. The van der Waals surface area contributed by atoms with Crippen LogP contribution in [0.3, 0.4) is 0 Å². The van der Waals surface area contributed by atoms with Gasteiger partial charge < -0.3 is 10.2 Å². The number of halogens is 1. The largest absolute Gasteiger partial charge is 0.359 e. The van der Waals surface area contributed by atoms with Crippen LogP contribution in [0.4, 0.5) is 0 Å². The van der Waals surface area contributed by atoms with Gasteiger partial charge >= 0.3 is 0 Å². The number of piperidine rings is 1. The maximum Gasteiger partial charge on any atom is 0.258 e. The molecule has 1 N–H and O–H groups in total. The number of aromatic nitrogens is 2. The van der Waals surface area contributed by atoms with Gasteiger partial charge in [-0.25, -0.2) is 0 Å². The Hall–Kier alpha value is -1.56. The monoisotopic (exact) mass is 340 g/mol. The number of hydrogen-bond donors (Lipinski definition) is 1. The van der Waals surface area contributed by atoms with Crippen molar-refractivity contribution in [2.75, 3.05) is 20.1 Å². The van der Waals surface area contributed by atoms with Gasteiger partial charge in [-0.05, 0) is 26.2 Å². The predicted octanol–water partition coefficient (Wildman–Crippen LogP) is 2.24. The lowest BCUT2D eigenvalue weighted by atomic mass is 9.95. The summed E-state index contributed by atoms with van der Waals surface area (Å²) in [7, 11) is 1.65. The average Bonchev–Trinajstić information content (AvgIpc) is 2.85. The van der Waals surface area contributed by atoms with Crippen LogP contribution in [0.5, 0.6) is 0 Å². The smallest absolute Gasteiger partial charge is 0.258 e. The van der Waals surface area contributed by atoms with E-state index < -0.39 is 0 Å². The lowest BCUT2D eigenvalue weighted by molar-refractivity contribution is -0.125. The molecule has 1 aromatic rings. The molecule has 0 aliphatic carbocycles. The number of carbonyl (C=O) groups excluding carboxylic acids is 2. The zero-order valence-electron chi connectivity index (χ0n) is 14.1. The van der Waals surface area contributed by atoms with E-state index in [4.69, 9.17) is 11.6 Å². The molecule has 0 unspecified atom stereocenters. The molecule has 23 heavy (non-hydrogen) atoms. The van der Waals surface area contributed by atoms with Crippen molar-refractivity contribution in [3.8, 4) is 0 Å². The standard InChI is InChI=1S/C16H25ClN4O2/c1-4-5-8-21-14(17)13(11(2)19-21)16(23)20-9-6-12(7-10-20)15(22)18-3/h12H,4-10H2,1-3H3,(H,18,22). The first-order valence-electron chi connectivity index (χ1n) is 8.23. The first kappa shape index (κ1) is 17.8. The van der Waals surface area contributed by atoms with Gasteiger partial charge in [0.1, 0.15) is 5.15 Å². The Morgan fingerprint density at radius 1 is 1.35 bits per heavy atom. The third kappa shape index (κ3) is 3.86. The maximum atomic E-state index is 12.8. The van der Waals surface area contributed by atoms with E-state index in [1.807, 2.05) is 6.92 Å². The number of unbranched alkanes of at least 4 members (excludes halogenated alkanes) is 1. The summed E-state index contributed by atoms with van der Waals surface area (Å²) in [5.74, 6) is -0.0304. The van der Waals surface area contributed by atoms with E-state index in [0.717, 1.165) is 19.4 Å². The minimum atomic E-state index is -0.0781. The molecule has 0 aromatic carbocycles. The Labute approximate surface area is 142 Å². The van der Waals surface area contributed by atoms with Gasteiger partial charge in [0, 0.05) is 32.6 Å². The Kier molecular flexibility index (Phi) is 6.04. The molecule has 0 bridgehead atoms. The van der Waals surface area contributed by atoms with Crippen molar-refractivity contribution in [1.29, 1.82) is 0 Å². The highest BCUT2D eigenvalue weighted by atomic mass is 35.5. The fourth-order valence-electron chi connectivity index (χ4n) is 2.96. The second-order valence-electron chi connectivity index (χ2n) is 6.01. The second-order valence-corrected chi connectivity index (χ2v) is 6.37. The molecule has 1 aromatic heterocycles. The Morgan fingerprint density at radius 2 is 2.00 bits per heavy atom. The fourth-order valence-corrected chi connectivity index (χ4v) is 3.30. The van der Waals surface area contributed by atoms with Gasteiger partial charge in [-0.2, -0.15) is 5.10 Å². The summed E-state index contributed by atoms with van der Waals surface area (Å²) in [6.45, 7) is 5.80. The van der Waals surface area contributed by atoms with Crippen molar-refractivity contribution in [3.05, 3.63) is 16.4 Å².